The minimum absolute atomic E-state index is 0.245. The van der Waals surface area contributed by atoms with Crippen molar-refractivity contribution >= 4 is 22.6 Å². The second-order valence-electron chi connectivity index (χ2n) is 5.63. The molecule has 2 rings (SSSR count). The number of hydrogen-bond donors (Lipinski definition) is 0. The summed E-state index contributed by atoms with van der Waals surface area (Å²) in [5.41, 5.74) is 0.245. The molecule has 2 heteroatoms. The van der Waals surface area contributed by atoms with Gasteiger partial charge in [-0.15, -0.1) is 0 Å². The van der Waals surface area contributed by atoms with E-state index in [2.05, 4.69) is 29.5 Å². The first-order chi connectivity index (χ1) is 7.79. The van der Waals surface area contributed by atoms with Gasteiger partial charge in [-0.1, -0.05) is 55.2 Å². The van der Waals surface area contributed by atoms with Crippen molar-refractivity contribution in [3.05, 3.63) is 0 Å². The molecule has 0 heterocycles. The Bertz CT molecular complexity index is 207. The van der Waals surface area contributed by atoms with Crippen LogP contribution >= 0.6 is 22.6 Å². The predicted molar refractivity (Wildman–Crippen MR) is 77.2 cm³/mol. The summed E-state index contributed by atoms with van der Waals surface area (Å²) in [6.45, 7) is 2.30. The average molecular weight is 336 g/mol. The zero-order chi connectivity index (χ0) is 11.4. The topological polar surface area (TPSA) is 9.23 Å². The van der Waals surface area contributed by atoms with Gasteiger partial charge in [-0.3, -0.25) is 0 Å². The molecular weight excluding hydrogens is 311 g/mol. The molecule has 0 saturated heterocycles. The van der Waals surface area contributed by atoms with Gasteiger partial charge in [0, 0.05) is 4.43 Å². The number of hydrogen-bond acceptors (Lipinski definition) is 1. The molecule has 1 unspecified atom stereocenters. The molecule has 1 nitrogen and oxygen atoms in total. The summed E-state index contributed by atoms with van der Waals surface area (Å²) in [7, 11) is 0. The van der Waals surface area contributed by atoms with Crippen LogP contribution in [0.2, 0.25) is 0 Å². The molecule has 0 amide bonds. The molecule has 2 saturated carbocycles. The fourth-order valence-electron chi connectivity index (χ4n) is 3.12. The molecule has 0 spiro atoms. The van der Waals surface area contributed by atoms with Crippen LogP contribution in [0.4, 0.5) is 0 Å². The van der Waals surface area contributed by atoms with Gasteiger partial charge in [0.05, 0.1) is 11.7 Å². The zero-order valence-electron chi connectivity index (χ0n) is 10.5. The van der Waals surface area contributed by atoms with E-state index in [4.69, 9.17) is 4.74 Å². The predicted octanol–water partition coefficient (Wildman–Crippen LogP) is 4.72. The highest BCUT2D eigenvalue weighted by Gasteiger charge is 2.37. The molecule has 2 aliphatic carbocycles. The molecule has 2 fully saturated rings. The molecule has 2 aliphatic rings. The Balaban J connectivity index is 1.92. The smallest absolute Gasteiger partial charge is 0.0775 e. The van der Waals surface area contributed by atoms with E-state index >= 15 is 0 Å². The Morgan fingerprint density at radius 1 is 1.19 bits per heavy atom. The first-order valence-electron chi connectivity index (χ1n) is 7.03. The largest absolute Gasteiger partial charge is 0.371 e. The molecule has 0 aliphatic heterocycles. The van der Waals surface area contributed by atoms with E-state index in [9.17, 15) is 0 Å². The van der Waals surface area contributed by atoms with Crippen molar-refractivity contribution in [1.82, 2.24) is 0 Å². The van der Waals surface area contributed by atoms with Crippen LogP contribution < -0.4 is 0 Å². The summed E-state index contributed by atoms with van der Waals surface area (Å²) in [5.74, 6) is 0.881. The average Bonchev–Trinajstić information content (AvgIpc) is 2.27. The van der Waals surface area contributed by atoms with Gasteiger partial charge in [-0.05, 0) is 38.0 Å². The maximum Gasteiger partial charge on any atom is 0.0775 e. The number of halogens is 1. The highest BCUT2D eigenvalue weighted by Crippen LogP contribution is 2.40. The first kappa shape index (κ1) is 13.1. The molecule has 1 atom stereocenters. The van der Waals surface area contributed by atoms with E-state index in [-0.39, 0.29) is 5.60 Å². The zero-order valence-corrected chi connectivity index (χ0v) is 12.7. The van der Waals surface area contributed by atoms with Gasteiger partial charge in [0.1, 0.15) is 0 Å². The summed E-state index contributed by atoms with van der Waals surface area (Å²) in [4.78, 5) is 0. The van der Waals surface area contributed by atoms with Gasteiger partial charge in [0.15, 0.2) is 0 Å². The number of rotatable bonds is 5. The van der Waals surface area contributed by atoms with Gasteiger partial charge in [0.25, 0.3) is 0 Å². The van der Waals surface area contributed by atoms with Crippen molar-refractivity contribution in [3.8, 4) is 0 Å². The third-order valence-electron chi connectivity index (χ3n) is 4.49. The van der Waals surface area contributed by atoms with Gasteiger partial charge >= 0.3 is 0 Å². The normalized spacial score (nSPS) is 27.4. The lowest BCUT2D eigenvalue weighted by atomic mass is 9.79. The van der Waals surface area contributed by atoms with Gasteiger partial charge in [-0.25, -0.2) is 0 Å². The second kappa shape index (κ2) is 6.03. The summed E-state index contributed by atoms with van der Waals surface area (Å²) in [6, 6.07) is 0. The van der Waals surface area contributed by atoms with Crippen molar-refractivity contribution in [2.24, 2.45) is 5.92 Å². The Kier molecular flexibility index (Phi) is 4.95. The monoisotopic (exact) mass is 336 g/mol. The van der Waals surface area contributed by atoms with Crippen molar-refractivity contribution in [1.29, 1.82) is 0 Å². The third kappa shape index (κ3) is 2.92. The quantitative estimate of drug-likeness (QED) is 0.521. The third-order valence-corrected chi connectivity index (χ3v) is 5.88. The van der Waals surface area contributed by atoms with E-state index in [1.165, 1.54) is 62.2 Å². The fourth-order valence-corrected chi connectivity index (χ4v) is 4.07. The Hall–Kier alpha value is 0.690. The molecule has 0 aromatic carbocycles. The minimum Gasteiger partial charge on any atom is -0.371 e. The summed E-state index contributed by atoms with van der Waals surface area (Å²) in [6.07, 6.45) is 12.8. The SMILES string of the molecule is CCC(OC1(CI)CCCCC1)C1CCC1. The minimum atomic E-state index is 0.245. The second-order valence-corrected chi connectivity index (χ2v) is 6.40. The van der Waals surface area contributed by atoms with Crippen LogP contribution in [0, 0.1) is 5.92 Å². The van der Waals surface area contributed by atoms with Crippen LogP contribution in [0.15, 0.2) is 0 Å². The Labute approximate surface area is 114 Å². The van der Waals surface area contributed by atoms with E-state index in [0.717, 1.165) is 5.92 Å². The lowest BCUT2D eigenvalue weighted by molar-refractivity contribution is -0.129. The van der Waals surface area contributed by atoms with E-state index in [1.807, 2.05) is 0 Å². The van der Waals surface area contributed by atoms with Crippen LogP contribution in [0.5, 0.6) is 0 Å². The standard InChI is InChI=1S/C14H25IO/c1-2-13(12-7-6-8-12)16-14(11-15)9-4-3-5-10-14/h12-13H,2-11H2,1H3. The van der Waals surface area contributed by atoms with Crippen molar-refractivity contribution in [3.63, 3.8) is 0 Å². The fraction of sp³-hybridized carbons (Fsp3) is 1.00. The molecule has 16 heavy (non-hydrogen) atoms. The van der Waals surface area contributed by atoms with Gasteiger partial charge in [0.2, 0.25) is 0 Å². The summed E-state index contributed by atoms with van der Waals surface area (Å²) in [5, 5.41) is 0. The van der Waals surface area contributed by atoms with Crippen LogP contribution in [0.1, 0.15) is 64.7 Å². The van der Waals surface area contributed by atoms with E-state index < -0.39 is 0 Å². The van der Waals surface area contributed by atoms with Crippen LogP contribution in [-0.2, 0) is 4.74 Å². The molecule has 0 bridgehead atoms. The molecule has 0 radical (unpaired) electrons. The maximum absolute atomic E-state index is 6.57. The molecule has 0 N–H and O–H groups in total. The summed E-state index contributed by atoms with van der Waals surface area (Å²) < 4.78 is 7.76. The molecular formula is C14H25IO. The summed E-state index contributed by atoms with van der Waals surface area (Å²) >= 11 is 2.54. The number of alkyl halides is 1. The molecule has 0 aromatic heterocycles. The molecule has 0 aromatic rings. The van der Waals surface area contributed by atoms with Crippen LogP contribution in [-0.4, -0.2) is 16.1 Å². The van der Waals surface area contributed by atoms with E-state index in [1.54, 1.807) is 0 Å². The van der Waals surface area contributed by atoms with Crippen LogP contribution in [0.25, 0.3) is 0 Å². The number of ether oxygens (including phenoxy) is 1. The molecule has 94 valence electrons. The van der Waals surface area contributed by atoms with Gasteiger partial charge < -0.3 is 4.74 Å². The first-order valence-corrected chi connectivity index (χ1v) is 8.56. The lowest BCUT2D eigenvalue weighted by Gasteiger charge is -2.43. The maximum atomic E-state index is 6.57. The highest BCUT2D eigenvalue weighted by atomic mass is 127. The van der Waals surface area contributed by atoms with Crippen molar-refractivity contribution in [2.75, 3.05) is 4.43 Å². The Morgan fingerprint density at radius 2 is 1.88 bits per heavy atom. The lowest BCUT2D eigenvalue weighted by Crippen LogP contribution is -2.43. The van der Waals surface area contributed by atoms with Crippen molar-refractivity contribution < 1.29 is 4.74 Å². The highest BCUT2D eigenvalue weighted by molar-refractivity contribution is 14.1. The van der Waals surface area contributed by atoms with Crippen molar-refractivity contribution in [2.45, 2.75) is 76.4 Å². The Morgan fingerprint density at radius 3 is 2.31 bits per heavy atom. The van der Waals surface area contributed by atoms with E-state index in [0.29, 0.717) is 6.10 Å². The van der Waals surface area contributed by atoms with Gasteiger partial charge in [-0.2, -0.15) is 0 Å². The van der Waals surface area contributed by atoms with Crippen LogP contribution in [0.3, 0.4) is 0 Å².